The maximum atomic E-state index is 13.1. The van der Waals surface area contributed by atoms with Crippen molar-refractivity contribution in [2.24, 2.45) is 0 Å². The molecule has 0 fully saturated rings. The maximum Gasteiger partial charge on any atom is 0.219 e. The van der Waals surface area contributed by atoms with Crippen LogP contribution >= 0.6 is 0 Å². The molecule has 1 aromatic heterocycles. The average molecular weight is 310 g/mol. The van der Waals surface area contributed by atoms with Gasteiger partial charge in [0.1, 0.15) is 23.9 Å². The van der Waals surface area contributed by atoms with Gasteiger partial charge in [0, 0.05) is 6.07 Å². The minimum absolute atomic E-state index is 0.272. The van der Waals surface area contributed by atoms with E-state index in [2.05, 4.69) is 4.98 Å². The molecule has 3 rings (SSSR count). The fourth-order valence-electron chi connectivity index (χ4n) is 1.97. The van der Waals surface area contributed by atoms with Crippen molar-refractivity contribution in [3.63, 3.8) is 0 Å². The number of aromatic nitrogens is 1. The first kappa shape index (κ1) is 14.8. The highest BCUT2D eigenvalue weighted by atomic mass is 19.1. The Morgan fingerprint density at radius 1 is 0.957 bits per heavy atom. The summed E-state index contributed by atoms with van der Waals surface area (Å²) in [5.74, 6) is 1.51. The van der Waals surface area contributed by atoms with Gasteiger partial charge in [-0.2, -0.15) is 0 Å². The van der Waals surface area contributed by atoms with Crippen LogP contribution in [0.4, 0.5) is 10.1 Å². The van der Waals surface area contributed by atoms with Gasteiger partial charge in [0.25, 0.3) is 0 Å². The number of nitrogen functional groups attached to an aromatic ring is 1. The Labute approximate surface area is 133 Å². The Bertz CT molecular complexity index is 774. The zero-order valence-corrected chi connectivity index (χ0v) is 12.3. The van der Waals surface area contributed by atoms with Gasteiger partial charge in [-0.3, -0.25) is 0 Å². The minimum atomic E-state index is -0.272. The lowest BCUT2D eigenvalue weighted by Gasteiger charge is -2.08. The first-order valence-electron chi connectivity index (χ1n) is 7.06. The summed E-state index contributed by atoms with van der Waals surface area (Å²) in [6.07, 6.45) is 1.53. The molecule has 0 bridgehead atoms. The molecule has 0 spiro atoms. The topological polar surface area (TPSA) is 57.4 Å². The van der Waals surface area contributed by atoms with Crippen LogP contribution in [-0.2, 0) is 6.61 Å². The van der Waals surface area contributed by atoms with Crippen LogP contribution in [-0.4, -0.2) is 4.98 Å². The SMILES string of the molecule is Nc1ccc(Oc2ccc(OCc3cccc(F)c3)cc2)nc1. The summed E-state index contributed by atoms with van der Waals surface area (Å²) in [6.45, 7) is 0.303. The quantitative estimate of drug-likeness (QED) is 0.768. The first-order chi connectivity index (χ1) is 11.2. The van der Waals surface area contributed by atoms with E-state index in [1.807, 2.05) is 6.07 Å². The van der Waals surface area contributed by atoms with Crippen LogP contribution < -0.4 is 15.2 Å². The summed E-state index contributed by atoms with van der Waals surface area (Å²) in [5, 5.41) is 0. The number of nitrogens with two attached hydrogens (primary N) is 1. The summed E-state index contributed by atoms with van der Waals surface area (Å²) in [6, 6.07) is 16.9. The number of benzene rings is 2. The van der Waals surface area contributed by atoms with Gasteiger partial charge in [0.05, 0.1) is 11.9 Å². The number of rotatable bonds is 5. The predicted octanol–water partition coefficient (Wildman–Crippen LogP) is 4.17. The summed E-state index contributed by atoms with van der Waals surface area (Å²) in [7, 11) is 0. The molecule has 2 aromatic carbocycles. The van der Waals surface area contributed by atoms with E-state index in [0.717, 1.165) is 5.56 Å². The Morgan fingerprint density at radius 2 is 1.74 bits per heavy atom. The third-order valence-corrected chi connectivity index (χ3v) is 3.10. The molecule has 0 aliphatic heterocycles. The lowest BCUT2D eigenvalue weighted by atomic mass is 10.2. The fraction of sp³-hybridized carbons (Fsp3) is 0.0556. The van der Waals surface area contributed by atoms with E-state index in [9.17, 15) is 4.39 Å². The number of anilines is 1. The lowest BCUT2D eigenvalue weighted by molar-refractivity contribution is 0.305. The van der Waals surface area contributed by atoms with Gasteiger partial charge in [0.15, 0.2) is 0 Å². The highest BCUT2D eigenvalue weighted by Crippen LogP contribution is 2.23. The van der Waals surface area contributed by atoms with Crippen LogP contribution in [0.1, 0.15) is 5.56 Å². The molecule has 0 aliphatic carbocycles. The van der Waals surface area contributed by atoms with Crippen molar-refractivity contribution in [3.05, 3.63) is 78.2 Å². The smallest absolute Gasteiger partial charge is 0.219 e. The van der Waals surface area contributed by atoms with Crippen LogP contribution in [0.5, 0.6) is 17.4 Å². The van der Waals surface area contributed by atoms with Crippen molar-refractivity contribution < 1.29 is 13.9 Å². The number of halogens is 1. The molecule has 0 amide bonds. The Balaban J connectivity index is 1.59. The average Bonchev–Trinajstić information content (AvgIpc) is 2.56. The van der Waals surface area contributed by atoms with Crippen molar-refractivity contribution in [1.82, 2.24) is 4.98 Å². The number of pyridine rings is 1. The number of hydrogen-bond donors (Lipinski definition) is 1. The number of hydrogen-bond acceptors (Lipinski definition) is 4. The molecule has 0 radical (unpaired) electrons. The van der Waals surface area contributed by atoms with Crippen LogP contribution in [0.3, 0.4) is 0 Å². The highest BCUT2D eigenvalue weighted by molar-refractivity contribution is 5.38. The standard InChI is InChI=1S/C18H15FN2O2/c19-14-3-1-2-13(10-14)12-22-16-5-7-17(8-6-16)23-18-9-4-15(20)11-21-18/h1-11H,12,20H2. The zero-order valence-electron chi connectivity index (χ0n) is 12.3. The molecule has 0 aliphatic rings. The van der Waals surface area contributed by atoms with Gasteiger partial charge in [-0.25, -0.2) is 9.37 Å². The summed E-state index contributed by atoms with van der Waals surface area (Å²) in [4.78, 5) is 4.07. The second-order valence-corrected chi connectivity index (χ2v) is 4.92. The number of nitrogens with zero attached hydrogens (tertiary/aromatic N) is 1. The van der Waals surface area contributed by atoms with Crippen molar-refractivity contribution in [2.45, 2.75) is 6.61 Å². The van der Waals surface area contributed by atoms with E-state index in [-0.39, 0.29) is 5.82 Å². The molecule has 3 aromatic rings. The molecule has 5 heteroatoms. The normalized spacial score (nSPS) is 10.3. The Morgan fingerprint density at radius 3 is 2.43 bits per heavy atom. The van der Waals surface area contributed by atoms with Gasteiger partial charge in [-0.1, -0.05) is 12.1 Å². The lowest BCUT2D eigenvalue weighted by Crippen LogP contribution is -1.96. The minimum Gasteiger partial charge on any atom is -0.489 e. The molecular formula is C18H15FN2O2. The van der Waals surface area contributed by atoms with Crippen molar-refractivity contribution in [1.29, 1.82) is 0 Å². The molecule has 23 heavy (non-hydrogen) atoms. The summed E-state index contributed by atoms with van der Waals surface area (Å²) < 4.78 is 24.3. The fourth-order valence-corrected chi connectivity index (χ4v) is 1.97. The summed E-state index contributed by atoms with van der Waals surface area (Å²) in [5.41, 5.74) is 6.93. The van der Waals surface area contributed by atoms with Crippen LogP contribution in [0, 0.1) is 5.82 Å². The van der Waals surface area contributed by atoms with Crippen molar-refractivity contribution >= 4 is 5.69 Å². The van der Waals surface area contributed by atoms with Gasteiger partial charge >= 0.3 is 0 Å². The molecule has 0 saturated carbocycles. The van der Waals surface area contributed by atoms with Gasteiger partial charge < -0.3 is 15.2 Å². The molecular weight excluding hydrogens is 295 g/mol. The molecule has 2 N–H and O–H groups in total. The Hall–Kier alpha value is -3.08. The molecule has 116 valence electrons. The summed E-state index contributed by atoms with van der Waals surface area (Å²) >= 11 is 0. The zero-order chi connectivity index (χ0) is 16.1. The third kappa shape index (κ3) is 4.20. The van der Waals surface area contributed by atoms with Gasteiger partial charge in [0.2, 0.25) is 5.88 Å². The largest absolute Gasteiger partial charge is 0.489 e. The van der Waals surface area contributed by atoms with Crippen LogP contribution in [0.2, 0.25) is 0 Å². The molecule has 0 unspecified atom stereocenters. The van der Waals surface area contributed by atoms with Crippen molar-refractivity contribution in [3.8, 4) is 17.4 Å². The van der Waals surface area contributed by atoms with Crippen molar-refractivity contribution in [2.75, 3.05) is 5.73 Å². The Kier molecular flexibility index (Phi) is 4.38. The van der Waals surface area contributed by atoms with E-state index in [4.69, 9.17) is 15.2 Å². The first-order valence-corrected chi connectivity index (χ1v) is 7.06. The number of ether oxygens (including phenoxy) is 2. The van der Waals surface area contributed by atoms with E-state index >= 15 is 0 Å². The maximum absolute atomic E-state index is 13.1. The molecule has 4 nitrogen and oxygen atoms in total. The monoisotopic (exact) mass is 310 g/mol. The van der Waals surface area contributed by atoms with Crippen LogP contribution in [0.25, 0.3) is 0 Å². The molecule has 0 saturated heterocycles. The van der Waals surface area contributed by atoms with E-state index < -0.39 is 0 Å². The van der Waals surface area contributed by atoms with Gasteiger partial charge in [-0.05, 0) is 48.0 Å². The third-order valence-electron chi connectivity index (χ3n) is 3.10. The van der Waals surface area contributed by atoms with E-state index in [1.54, 1.807) is 42.5 Å². The van der Waals surface area contributed by atoms with Crippen LogP contribution in [0.15, 0.2) is 66.9 Å². The molecule has 1 heterocycles. The second-order valence-electron chi connectivity index (χ2n) is 4.92. The van der Waals surface area contributed by atoms with E-state index in [1.165, 1.54) is 18.3 Å². The molecule has 0 atom stereocenters. The van der Waals surface area contributed by atoms with Gasteiger partial charge in [-0.15, -0.1) is 0 Å². The highest BCUT2D eigenvalue weighted by Gasteiger charge is 2.01. The van der Waals surface area contributed by atoms with E-state index in [0.29, 0.717) is 29.7 Å². The second kappa shape index (κ2) is 6.79. The predicted molar refractivity (Wildman–Crippen MR) is 85.9 cm³/mol.